The molecule has 0 aliphatic carbocycles. The predicted molar refractivity (Wildman–Crippen MR) is 77.1 cm³/mol. The Morgan fingerprint density at radius 1 is 1.11 bits per heavy atom. The molecule has 0 atom stereocenters. The van der Waals surface area contributed by atoms with E-state index in [0.717, 1.165) is 22.2 Å². The first kappa shape index (κ1) is 11.3. The maximum Gasteiger partial charge on any atom is 0.208 e. The molecule has 0 fully saturated rings. The van der Waals surface area contributed by atoms with Crippen molar-refractivity contribution in [3.8, 4) is 11.1 Å². The highest BCUT2D eigenvalue weighted by Crippen LogP contribution is 2.23. The number of hydrogen-bond acceptors (Lipinski definition) is 2. The zero-order chi connectivity index (χ0) is 13.2. The minimum Gasteiger partial charge on any atom is -0.370 e. The van der Waals surface area contributed by atoms with Crippen LogP contribution in [0.2, 0.25) is 0 Å². The highest BCUT2D eigenvalue weighted by atomic mass is 15.2. The van der Waals surface area contributed by atoms with E-state index < -0.39 is 0 Å². The Hall–Kier alpha value is -2.82. The molecule has 0 saturated carbocycles. The smallest absolute Gasteiger partial charge is 0.208 e. The lowest BCUT2D eigenvalue weighted by Gasteiger charge is -2.00. The minimum atomic E-state index is -0.137. The largest absolute Gasteiger partial charge is 0.370 e. The summed E-state index contributed by atoms with van der Waals surface area (Å²) in [5.74, 6) is 0.343. The lowest BCUT2D eigenvalue weighted by atomic mass is 10.1. The van der Waals surface area contributed by atoms with Crippen LogP contribution in [0.15, 0.2) is 48.5 Å². The van der Waals surface area contributed by atoms with Gasteiger partial charge in [0.25, 0.3) is 0 Å². The van der Waals surface area contributed by atoms with Crippen molar-refractivity contribution in [1.29, 1.82) is 5.41 Å². The molecule has 3 aromatic rings. The molecule has 0 aliphatic rings. The number of H-pyrrole nitrogens is 1. The van der Waals surface area contributed by atoms with Crippen molar-refractivity contribution in [1.82, 2.24) is 9.97 Å². The van der Waals surface area contributed by atoms with E-state index in [1.54, 1.807) is 0 Å². The number of aromatic amines is 1. The van der Waals surface area contributed by atoms with E-state index in [-0.39, 0.29) is 5.96 Å². The molecule has 1 heterocycles. The van der Waals surface area contributed by atoms with Gasteiger partial charge in [0.15, 0.2) is 5.96 Å². The number of hydrogen-bond donors (Lipinski definition) is 4. The summed E-state index contributed by atoms with van der Waals surface area (Å²) >= 11 is 0. The molecule has 5 N–H and O–H groups in total. The van der Waals surface area contributed by atoms with Crippen molar-refractivity contribution in [3.05, 3.63) is 48.5 Å². The van der Waals surface area contributed by atoms with Crippen molar-refractivity contribution < 1.29 is 0 Å². The standard InChI is InChI=1S/C14H13N5/c15-13(16)19-14-17-11-7-6-10(8-12(11)18-14)9-4-2-1-3-5-9/h1-8H,(H5,15,16,17,18,19). The van der Waals surface area contributed by atoms with Crippen LogP contribution in [0, 0.1) is 5.41 Å². The van der Waals surface area contributed by atoms with E-state index >= 15 is 0 Å². The Bertz CT molecular complexity index is 730. The molecule has 0 amide bonds. The van der Waals surface area contributed by atoms with Crippen LogP contribution in [0.25, 0.3) is 22.2 Å². The number of rotatable bonds is 2. The number of aromatic nitrogens is 2. The van der Waals surface area contributed by atoms with Gasteiger partial charge in [0, 0.05) is 0 Å². The summed E-state index contributed by atoms with van der Waals surface area (Å²) < 4.78 is 0. The lowest BCUT2D eigenvalue weighted by molar-refractivity contribution is 1.29. The summed E-state index contributed by atoms with van der Waals surface area (Å²) in [4.78, 5) is 7.41. The van der Waals surface area contributed by atoms with Crippen LogP contribution in [-0.2, 0) is 0 Å². The van der Waals surface area contributed by atoms with Gasteiger partial charge in [0.2, 0.25) is 5.95 Å². The number of guanidine groups is 1. The van der Waals surface area contributed by atoms with E-state index in [0.29, 0.717) is 5.95 Å². The predicted octanol–water partition coefficient (Wildman–Crippen LogP) is 2.54. The molecule has 94 valence electrons. The summed E-state index contributed by atoms with van der Waals surface area (Å²) in [5.41, 5.74) is 9.28. The molecule has 5 nitrogen and oxygen atoms in total. The summed E-state index contributed by atoms with van der Waals surface area (Å²) in [6.07, 6.45) is 0. The number of imidazole rings is 1. The minimum absolute atomic E-state index is 0.137. The summed E-state index contributed by atoms with van der Waals surface area (Å²) in [5, 5.41) is 9.84. The maximum absolute atomic E-state index is 7.19. The van der Waals surface area contributed by atoms with Crippen molar-refractivity contribution in [2.45, 2.75) is 0 Å². The first-order chi connectivity index (χ1) is 9.22. The fourth-order valence-electron chi connectivity index (χ4n) is 2.00. The summed E-state index contributed by atoms with van der Waals surface area (Å²) in [7, 11) is 0. The molecule has 5 heteroatoms. The zero-order valence-electron chi connectivity index (χ0n) is 10.1. The van der Waals surface area contributed by atoms with E-state index in [4.69, 9.17) is 11.1 Å². The van der Waals surface area contributed by atoms with E-state index in [1.165, 1.54) is 0 Å². The average molecular weight is 251 g/mol. The van der Waals surface area contributed by atoms with E-state index in [1.807, 2.05) is 36.4 Å². The Labute approximate surface area is 110 Å². The average Bonchev–Trinajstić information content (AvgIpc) is 2.79. The SMILES string of the molecule is N=C(N)Nc1nc2cc(-c3ccccc3)ccc2[nH]1. The number of benzene rings is 2. The van der Waals surface area contributed by atoms with Crippen molar-refractivity contribution in [3.63, 3.8) is 0 Å². The number of nitrogens with one attached hydrogen (secondary N) is 3. The molecule has 0 spiro atoms. The van der Waals surface area contributed by atoms with Gasteiger partial charge in [0.05, 0.1) is 11.0 Å². The van der Waals surface area contributed by atoms with Crippen LogP contribution in [0.5, 0.6) is 0 Å². The van der Waals surface area contributed by atoms with Crippen molar-refractivity contribution in [2.75, 3.05) is 5.32 Å². The normalized spacial score (nSPS) is 10.5. The highest BCUT2D eigenvalue weighted by Gasteiger charge is 2.05. The number of nitrogens with two attached hydrogens (primary N) is 1. The molecule has 19 heavy (non-hydrogen) atoms. The van der Waals surface area contributed by atoms with Crippen LogP contribution in [0.1, 0.15) is 0 Å². The van der Waals surface area contributed by atoms with Gasteiger partial charge in [-0.2, -0.15) is 0 Å². The second-order valence-corrected chi connectivity index (χ2v) is 4.22. The molecule has 0 unspecified atom stereocenters. The van der Waals surface area contributed by atoms with Gasteiger partial charge < -0.3 is 10.7 Å². The fraction of sp³-hybridized carbons (Fsp3) is 0. The van der Waals surface area contributed by atoms with Crippen LogP contribution in [-0.4, -0.2) is 15.9 Å². The molecular formula is C14H13N5. The van der Waals surface area contributed by atoms with Gasteiger partial charge in [0.1, 0.15) is 0 Å². The molecule has 0 saturated heterocycles. The van der Waals surface area contributed by atoms with Crippen LogP contribution in [0.3, 0.4) is 0 Å². The second-order valence-electron chi connectivity index (χ2n) is 4.22. The number of nitrogens with zero attached hydrogens (tertiary/aromatic N) is 1. The Morgan fingerprint density at radius 3 is 2.63 bits per heavy atom. The third-order valence-electron chi connectivity index (χ3n) is 2.84. The van der Waals surface area contributed by atoms with Gasteiger partial charge in [-0.3, -0.25) is 10.7 Å². The summed E-state index contributed by atoms with van der Waals surface area (Å²) in [6.45, 7) is 0. The first-order valence-corrected chi connectivity index (χ1v) is 5.88. The van der Waals surface area contributed by atoms with Gasteiger partial charge in [-0.05, 0) is 23.3 Å². The third-order valence-corrected chi connectivity index (χ3v) is 2.84. The summed E-state index contributed by atoms with van der Waals surface area (Å²) in [6, 6.07) is 16.1. The topological polar surface area (TPSA) is 90.6 Å². The second kappa shape index (κ2) is 4.45. The van der Waals surface area contributed by atoms with Crippen LogP contribution in [0.4, 0.5) is 5.95 Å². The monoisotopic (exact) mass is 251 g/mol. The fourth-order valence-corrected chi connectivity index (χ4v) is 2.00. The zero-order valence-corrected chi connectivity index (χ0v) is 10.1. The van der Waals surface area contributed by atoms with Gasteiger partial charge in [-0.25, -0.2) is 4.98 Å². The Morgan fingerprint density at radius 2 is 1.89 bits per heavy atom. The van der Waals surface area contributed by atoms with Gasteiger partial charge in [-0.15, -0.1) is 0 Å². The highest BCUT2D eigenvalue weighted by molar-refractivity contribution is 5.91. The number of fused-ring (bicyclic) bond motifs is 1. The lowest BCUT2D eigenvalue weighted by Crippen LogP contribution is -2.21. The third kappa shape index (κ3) is 2.26. The van der Waals surface area contributed by atoms with Crippen molar-refractivity contribution >= 4 is 22.9 Å². The van der Waals surface area contributed by atoms with Crippen LogP contribution >= 0.6 is 0 Å². The molecule has 0 radical (unpaired) electrons. The number of anilines is 1. The molecular weight excluding hydrogens is 238 g/mol. The maximum atomic E-state index is 7.19. The molecule has 2 aromatic carbocycles. The molecule has 1 aromatic heterocycles. The first-order valence-electron chi connectivity index (χ1n) is 5.88. The molecule has 0 bridgehead atoms. The molecule has 0 aliphatic heterocycles. The van der Waals surface area contributed by atoms with E-state index in [2.05, 4.69) is 27.4 Å². The quantitative estimate of drug-likeness (QED) is 0.416. The van der Waals surface area contributed by atoms with Crippen molar-refractivity contribution in [2.24, 2.45) is 5.73 Å². The van der Waals surface area contributed by atoms with E-state index in [9.17, 15) is 0 Å². The van der Waals surface area contributed by atoms with Crippen LogP contribution < -0.4 is 11.1 Å². The molecule has 3 rings (SSSR count). The Kier molecular flexibility index (Phi) is 2.64. The Balaban J connectivity index is 2.03. The van der Waals surface area contributed by atoms with Gasteiger partial charge >= 0.3 is 0 Å². The van der Waals surface area contributed by atoms with Gasteiger partial charge in [-0.1, -0.05) is 36.4 Å².